The lowest BCUT2D eigenvalue weighted by molar-refractivity contribution is 0.0699. The van der Waals surface area contributed by atoms with E-state index in [1.807, 2.05) is 42.5 Å². The van der Waals surface area contributed by atoms with Crippen LogP contribution in [0.5, 0.6) is 0 Å². The van der Waals surface area contributed by atoms with Crippen LogP contribution in [0.2, 0.25) is 0 Å². The van der Waals surface area contributed by atoms with Gasteiger partial charge in [0.05, 0.1) is 6.20 Å². The van der Waals surface area contributed by atoms with Gasteiger partial charge in [0.15, 0.2) is 5.65 Å². The zero-order valence-corrected chi connectivity index (χ0v) is 12.0. The van der Waals surface area contributed by atoms with Gasteiger partial charge in [0.2, 0.25) is 0 Å². The molecule has 112 valence electrons. The van der Waals surface area contributed by atoms with Crippen molar-refractivity contribution in [3.8, 4) is 11.1 Å². The van der Waals surface area contributed by atoms with Crippen LogP contribution < -0.4 is 5.73 Å². The number of anilines is 1. The summed E-state index contributed by atoms with van der Waals surface area (Å²) in [7, 11) is 0. The number of nitrogen functional groups attached to an aromatic ring is 1. The van der Waals surface area contributed by atoms with E-state index >= 15 is 0 Å². The summed E-state index contributed by atoms with van der Waals surface area (Å²) in [4.78, 5) is 15.4. The molecule has 0 radical (unpaired) electrons. The topological polar surface area (TPSA) is 93.5 Å². The third-order valence-electron chi connectivity index (χ3n) is 3.87. The summed E-state index contributed by atoms with van der Waals surface area (Å²) in [5.41, 5.74) is 8.14. The lowest BCUT2D eigenvalue weighted by Crippen LogP contribution is -2.04. The predicted molar refractivity (Wildman–Crippen MR) is 87.3 cm³/mol. The van der Waals surface area contributed by atoms with Crippen LogP contribution in [0.15, 0.2) is 54.9 Å². The van der Waals surface area contributed by atoms with Crippen LogP contribution in [0, 0.1) is 0 Å². The van der Waals surface area contributed by atoms with Crippen molar-refractivity contribution >= 4 is 28.2 Å². The fraction of sp³-hybridized carbons (Fsp3) is 0. The third kappa shape index (κ3) is 1.92. The summed E-state index contributed by atoms with van der Waals surface area (Å²) in [6, 6.07) is 13.9. The average molecular weight is 304 g/mol. The fourth-order valence-electron chi connectivity index (χ4n) is 2.77. The number of aromatic nitrogens is 3. The number of hydrogen-bond acceptors (Lipinski definition) is 4. The van der Waals surface area contributed by atoms with E-state index in [-0.39, 0.29) is 11.2 Å². The number of nitrogens with zero attached hydrogens (tertiary/aromatic N) is 3. The predicted octanol–water partition coefficient (Wildman–Crippen LogP) is 2.83. The third-order valence-corrected chi connectivity index (χ3v) is 3.87. The van der Waals surface area contributed by atoms with Gasteiger partial charge in [-0.3, -0.25) is 0 Å². The Labute approximate surface area is 130 Å². The SMILES string of the molecule is Nc1c(-c2cccc3ccccc23)cnc2c(C(=O)O)cnn12. The van der Waals surface area contributed by atoms with Crippen molar-refractivity contribution in [2.45, 2.75) is 0 Å². The molecule has 6 heteroatoms. The van der Waals surface area contributed by atoms with Gasteiger partial charge in [-0.05, 0) is 16.3 Å². The summed E-state index contributed by atoms with van der Waals surface area (Å²) in [6.07, 6.45) is 2.86. The maximum Gasteiger partial charge on any atom is 0.341 e. The van der Waals surface area contributed by atoms with E-state index in [2.05, 4.69) is 10.1 Å². The van der Waals surface area contributed by atoms with Gasteiger partial charge < -0.3 is 10.8 Å². The zero-order valence-electron chi connectivity index (χ0n) is 12.0. The van der Waals surface area contributed by atoms with Gasteiger partial charge >= 0.3 is 5.97 Å². The monoisotopic (exact) mass is 304 g/mol. The number of fused-ring (bicyclic) bond motifs is 2. The van der Waals surface area contributed by atoms with Gasteiger partial charge in [-0.15, -0.1) is 0 Å². The van der Waals surface area contributed by atoms with Gasteiger partial charge in [-0.1, -0.05) is 42.5 Å². The number of rotatable bonds is 2. The molecule has 2 aromatic heterocycles. The second-order valence-corrected chi connectivity index (χ2v) is 5.18. The van der Waals surface area contributed by atoms with Crippen LogP contribution in [-0.2, 0) is 0 Å². The number of nitrogens with two attached hydrogens (primary N) is 1. The van der Waals surface area contributed by atoms with Crippen molar-refractivity contribution < 1.29 is 9.90 Å². The van der Waals surface area contributed by atoms with E-state index in [4.69, 9.17) is 10.8 Å². The summed E-state index contributed by atoms with van der Waals surface area (Å²) in [5.74, 6) is -0.719. The minimum Gasteiger partial charge on any atom is -0.477 e. The Bertz CT molecular complexity index is 1060. The van der Waals surface area contributed by atoms with Crippen LogP contribution in [-0.4, -0.2) is 25.7 Å². The molecule has 0 aliphatic rings. The number of carboxylic acid groups (broad SMARTS) is 1. The van der Waals surface area contributed by atoms with Crippen LogP contribution >= 0.6 is 0 Å². The highest BCUT2D eigenvalue weighted by atomic mass is 16.4. The van der Waals surface area contributed by atoms with Crippen LogP contribution in [0.4, 0.5) is 5.82 Å². The van der Waals surface area contributed by atoms with Crippen LogP contribution in [0.3, 0.4) is 0 Å². The molecule has 0 bridgehead atoms. The molecule has 0 saturated carbocycles. The normalized spacial score (nSPS) is 11.1. The molecule has 0 unspecified atom stereocenters. The van der Waals surface area contributed by atoms with Gasteiger partial charge in [-0.25, -0.2) is 9.78 Å². The molecule has 4 rings (SSSR count). The number of hydrogen-bond donors (Lipinski definition) is 2. The van der Waals surface area contributed by atoms with E-state index in [1.54, 1.807) is 6.20 Å². The fourth-order valence-corrected chi connectivity index (χ4v) is 2.77. The van der Waals surface area contributed by atoms with Crippen LogP contribution in [0.1, 0.15) is 10.4 Å². The first kappa shape index (κ1) is 13.3. The Morgan fingerprint density at radius 3 is 2.65 bits per heavy atom. The number of carbonyl (C=O) groups is 1. The van der Waals surface area contributed by atoms with Gasteiger partial charge in [0, 0.05) is 11.8 Å². The van der Waals surface area contributed by atoms with E-state index < -0.39 is 5.97 Å². The molecular weight excluding hydrogens is 292 g/mol. The maximum atomic E-state index is 11.2. The van der Waals surface area contributed by atoms with E-state index in [0.717, 1.165) is 16.3 Å². The number of carboxylic acids is 1. The molecule has 3 N–H and O–H groups in total. The molecule has 4 aromatic rings. The molecular formula is C17H12N4O2. The second-order valence-electron chi connectivity index (χ2n) is 5.18. The molecule has 23 heavy (non-hydrogen) atoms. The maximum absolute atomic E-state index is 11.2. The Kier molecular flexibility index (Phi) is 2.77. The highest BCUT2D eigenvalue weighted by Gasteiger charge is 2.17. The molecule has 0 saturated heterocycles. The number of aromatic carboxylic acids is 1. The zero-order chi connectivity index (χ0) is 16.0. The standard InChI is InChI=1S/C17H12N4O2/c18-15-13(8-19-16-14(17(22)23)9-20-21(15)16)12-7-3-5-10-4-1-2-6-11(10)12/h1-9H,18H2,(H,22,23). The summed E-state index contributed by atoms with van der Waals surface area (Å²) in [6.45, 7) is 0. The lowest BCUT2D eigenvalue weighted by Gasteiger charge is -2.10. The van der Waals surface area contributed by atoms with Crippen molar-refractivity contribution in [2.24, 2.45) is 0 Å². The van der Waals surface area contributed by atoms with Gasteiger partial charge in [0.25, 0.3) is 0 Å². The van der Waals surface area contributed by atoms with Crippen molar-refractivity contribution in [3.05, 3.63) is 60.4 Å². The Morgan fingerprint density at radius 2 is 1.83 bits per heavy atom. The van der Waals surface area contributed by atoms with E-state index in [9.17, 15) is 4.79 Å². The largest absolute Gasteiger partial charge is 0.477 e. The highest BCUT2D eigenvalue weighted by molar-refractivity contribution is 5.99. The minimum absolute atomic E-state index is 0.0289. The quantitative estimate of drug-likeness (QED) is 0.594. The second kappa shape index (κ2) is 4.81. The molecule has 0 fully saturated rings. The molecule has 6 nitrogen and oxygen atoms in total. The van der Waals surface area contributed by atoms with Crippen molar-refractivity contribution in [3.63, 3.8) is 0 Å². The molecule has 2 aromatic carbocycles. The highest BCUT2D eigenvalue weighted by Crippen LogP contribution is 2.32. The first-order valence-corrected chi connectivity index (χ1v) is 7.00. The Hall–Kier alpha value is -3.41. The molecule has 0 amide bonds. The summed E-state index contributed by atoms with van der Waals surface area (Å²) in [5, 5.41) is 15.4. The first-order chi connectivity index (χ1) is 11.2. The molecule has 0 spiro atoms. The van der Waals surface area contributed by atoms with E-state index in [1.165, 1.54) is 10.7 Å². The average Bonchev–Trinajstić information content (AvgIpc) is 3.00. The molecule has 0 aliphatic carbocycles. The minimum atomic E-state index is -1.08. The Morgan fingerprint density at radius 1 is 1.04 bits per heavy atom. The van der Waals surface area contributed by atoms with Crippen molar-refractivity contribution in [1.29, 1.82) is 0 Å². The smallest absolute Gasteiger partial charge is 0.341 e. The Balaban J connectivity index is 2.02. The van der Waals surface area contributed by atoms with Crippen molar-refractivity contribution in [1.82, 2.24) is 14.6 Å². The summed E-state index contributed by atoms with van der Waals surface area (Å²) >= 11 is 0. The molecule has 2 heterocycles. The molecule has 0 aliphatic heterocycles. The van der Waals surface area contributed by atoms with Gasteiger partial charge in [0.1, 0.15) is 11.4 Å². The number of benzene rings is 2. The van der Waals surface area contributed by atoms with E-state index in [0.29, 0.717) is 11.4 Å². The van der Waals surface area contributed by atoms with Gasteiger partial charge in [-0.2, -0.15) is 9.61 Å². The lowest BCUT2D eigenvalue weighted by atomic mass is 10.00. The van der Waals surface area contributed by atoms with Crippen molar-refractivity contribution in [2.75, 3.05) is 5.73 Å². The molecule has 0 atom stereocenters. The van der Waals surface area contributed by atoms with Crippen LogP contribution in [0.25, 0.3) is 27.5 Å². The first-order valence-electron chi connectivity index (χ1n) is 7.00. The summed E-state index contributed by atoms with van der Waals surface area (Å²) < 4.78 is 1.36.